The Labute approximate surface area is 147 Å². The highest BCUT2D eigenvalue weighted by atomic mass is 32.2. The molecule has 2 aromatic carbocycles. The van der Waals surface area contributed by atoms with Crippen molar-refractivity contribution < 1.29 is 12.8 Å². The van der Waals surface area contributed by atoms with Gasteiger partial charge in [0.05, 0.1) is 16.8 Å². The van der Waals surface area contributed by atoms with Gasteiger partial charge in [-0.05, 0) is 49.6 Å². The minimum absolute atomic E-state index is 0.222. The molecule has 0 atom stereocenters. The molecule has 6 heteroatoms. The van der Waals surface area contributed by atoms with Gasteiger partial charge in [-0.2, -0.15) is 0 Å². The number of aryl methyl sites for hydroxylation is 3. The van der Waals surface area contributed by atoms with Crippen molar-refractivity contribution in [2.75, 3.05) is 4.72 Å². The van der Waals surface area contributed by atoms with E-state index in [2.05, 4.69) is 9.71 Å². The first kappa shape index (κ1) is 17.2. The fraction of sp³-hybridized carbons (Fsp3) is 0.211. The maximum atomic E-state index is 12.9. The Morgan fingerprint density at radius 2 is 1.76 bits per heavy atom. The molecule has 130 valence electrons. The van der Waals surface area contributed by atoms with E-state index in [0.717, 1.165) is 11.1 Å². The predicted molar refractivity (Wildman–Crippen MR) is 98.1 cm³/mol. The molecule has 3 rings (SSSR count). The second kappa shape index (κ2) is 6.37. The standard InChI is InChI=1S/C19H20N2O3S/c1-12-6-5-7-17(14(12)3)21-25(22,23)19-10-16(9-8-13(19)2)18-11-20-15(4)24-18/h5-11,21H,1-4H3. The van der Waals surface area contributed by atoms with Gasteiger partial charge in [0, 0.05) is 12.5 Å². The van der Waals surface area contributed by atoms with E-state index in [1.165, 1.54) is 0 Å². The van der Waals surface area contributed by atoms with E-state index in [0.29, 0.717) is 28.5 Å². The summed E-state index contributed by atoms with van der Waals surface area (Å²) < 4.78 is 34.0. The van der Waals surface area contributed by atoms with Crippen LogP contribution in [-0.4, -0.2) is 13.4 Å². The van der Waals surface area contributed by atoms with Crippen LogP contribution >= 0.6 is 0 Å². The fourth-order valence-electron chi connectivity index (χ4n) is 2.60. The zero-order chi connectivity index (χ0) is 18.2. The third kappa shape index (κ3) is 3.44. The number of nitrogens with zero attached hydrogens (tertiary/aromatic N) is 1. The SMILES string of the molecule is Cc1ncc(-c2ccc(C)c(S(=O)(=O)Nc3cccc(C)c3C)c2)o1. The molecule has 0 aliphatic rings. The molecule has 0 bridgehead atoms. The first-order chi connectivity index (χ1) is 11.8. The van der Waals surface area contributed by atoms with Crippen LogP contribution in [0.5, 0.6) is 0 Å². The van der Waals surface area contributed by atoms with Crippen LogP contribution in [0, 0.1) is 27.7 Å². The summed E-state index contributed by atoms with van der Waals surface area (Å²) in [6, 6.07) is 10.8. The van der Waals surface area contributed by atoms with Crippen LogP contribution < -0.4 is 4.72 Å². The molecular formula is C19H20N2O3S. The highest BCUT2D eigenvalue weighted by Crippen LogP contribution is 2.28. The Kier molecular flexibility index (Phi) is 4.39. The molecular weight excluding hydrogens is 336 g/mol. The van der Waals surface area contributed by atoms with Gasteiger partial charge in [0.1, 0.15) is 0 Å². The predicted octanol–water partition coefficient (Wildman–Crippen LogP) is 4.38. The number of nitrogens with one attached hydrogen (secondary N) is 1. The lowest BCUT2D eigenvalue weighted by Crippen LogP contribution is -2.15. The van der Waals surface area contributed by atoms with Crippen LogP contribution in [0.25, 0.3) is 11.3 Å². The number of anilines is 1. The molecule has 1 heterocycles. The molecule has 5 nitrogen and oxygen atoms in total. The van der Waals surface area contributed by atoms with E-state index in [1.807, 2.05) is 32.0 Å². The van der Waals surface area contributed by atoms with Crippen molar-refractivity contribution in [1.29, 1.82) is 0 Å². The van der Waals surface area contributed by atoms with Gasteiger partial charge < -0.3 is 4.42 Å². The second-order valence-electron chi connectivity index (χ2n) is 6.08. The van der Waals surface area contributed by atoms with Crippen molar-refractivity contribution in [2.45, 2.75) is 32.6 Å². The van der Waals surface area contributed by atoms with Crippen molar-refractivity contribution in [2.24, 2.45) is 0 Å². The first-order valence-corrected chi connectivity index (χ1v) is 9.39. The van der Waals surface area contributed by atoms with Gasteiger partial charge in [0.25, 0.3) is 10.0 Å². The molecule has 0 aliphatic heterocycles. The van der Waals surface area contributed by atoms with E-state index >= 15 is 0 Å². The van der Waals surface area contributed by atoms with Gasteiger partial charge in [0.15, 0.2) is 11.7 Å². The topological polar surface area (TPSA) is 72.2 Å². The Hall–Kier alpha value is -2.60. The van der Waals surface area contributed by atoms with Crippen LogP contribution in [0.1, 0.15) is 22.6 Å². The van der Waals surface area contributed by atoms with Gasteiger partial charge in [-0.25, -0.2) is 13.4 Å². The molecule has 3 aromatic rings. The third-order valence-corrected chi connectivity index (χ3v) is 5.74. The quantitative estimate of drug-likeness (QED) is 0.753. The highest BCUT2D eigenvalue weighted by molar-refractivity contribution is 7.92. The maximum absolute atomic E-state index is 12.9. The third-order valence-electron chi connectivity index (χ3n) is 4.23. The second-order valence-corrected chi connectivity index (χ2v) is 7.73. The van der Waals surface area contributed by atoms with Crippen LogP contribution in [0.4, 0.5) is 5.69 Å². The first-order valence-electron chi connectivity index (χ1n) is 7.90. The van der Waals surface area contributed by atoms with Gasteiger partial charge in [-0.1, -0.05) is 24.3 Å². The summed E-state index contributed by atoms with van der Waals surface area (Å²) >= 11 is 0. The molecule has 0 spiro atoms. The van der Waals surface area contributed by atoms with Gasteiger partial charge in [-0.3, -0.25) is 4.72 Å². The zero-order valence-corrected chi connectivity index (χ0v) is 15.4. The molecule has 0 amide bonds. The maximum Gasteiger partial charge on any atom is 0.262 e. The van der Waals surface area contributed by atoms with Crippen LogP contribution in [0.15, 0.2) is 51.9 Å². The summed E-state index contributed by atoms with van der Waals surface area (Å²) in [6.07, 6.45) is 1.59. The number of hydrogen-bond donors (Lipinski definition) is 1. The van der Waals surface area contributed by atoms with E-state index < -0.39 is 10.0 Å². The monoisotopic (exact) mass is 356 g/mol. The molecule has 1 aromatic heterocycles. The molecule has 0 radical (unpaired) electrons. The lowest BCUT2D eigenvalue weighted by atomic mass is 10.1. The largest absolute Gasteiger partial charge is 0.441 e. The molecule has 0 fully saturated rings. The van der Waals surface area contributed by atoms with Crippen molar-refractivity contribution in [3.63, 3.8) is 0 Å². The average molecular weight is 356 g/mol. The molecule has 1 N–H and O–H groups in total. The Morgan fingerprint density at radius 1 is 1.00 bits per heavy atom. The summed E-state index contributed by atoms with van der Waals surface area (Å²) in [5.74, 6) is 1.08. The molecule has 0 saturated carbocycles. The number of hydrogen-bond acceptors (Lipinski definition) is 4. The van der Waals surface area contributed by atoms with Crippen molar-refractivity contribution in [3.8, 4) is 11.3 Å². The summed E-state index contributed by atoms with van der Waals surface area (Å²) in [4.78, 5) is 4.29. The number of rotatable bonds is 4. The Bertz CT molecular complexity index is 1040. The number of aromatic nitrogens is 1. The Morgan fingerprint density at radius 3 is 2.44 bits per heavy atom. The molecule has 25 heavy (non-hydrogen) atoms. The average Bonchev–Trinajstić information content (AvgIpc) is 2.98. The minimum Gasteiger partial charge on any atom is -0.441 e. The number of benzene rings is 2. The van der Waals surface area contributed by atoms with Crippen LogP contribution in [-0.2, 0) is 10.0 Å². The summed E-state index contributed by atoms with van der Waals surface area (Å²) in [6.45, 7) is 7.36. The summed E-state index contributed by atoms with van der Waals surface area (Å²) in [5.41, 5.74) is 3.86. The van der Waals surface area contributed by atoms with Crippen LogP contribution in [0.2, 0.25) is 0 Å². The molecule has 0 unspecified atom stereocenters. The fourth-order valence-corrected chi connectivity index (χ4v) is 3.99. The van der Waals surface area contributed by atoms with Crippen molar-refractivity contribution in [1.82, 2.24) is 4.98 Å². The molecule has 0 aliphatic carbocycles. The number of oxazole rings is 1. The van der Waals surface area contributed by atoms with E-state index in [4.69, 9.17) is 4.42 Å². The number of sulfonamides is 1. The van der Waals surface area contributed by atoms with Crippen molar-refractivity contribution in [3.05, 3.63) is 65.2 Å². The minimum atomic E-state index is -3.72. The van der Waals surface area contributed by atoms with E-state index in [1.54, 1.807) is 38.2 Å². The van der Waals surface area contributed by atoms with E-state index in [-0.39, 0.29) is 4.90 Å². The lowest BCUT2D eigenvalue weighted by Gasteiger charge is -2.14. The van der Waals surface area contributed by atoms with Gasteiger partial charge in [0.2, 0.25) is 0 Å². The van der Waals surface area contributed by atoms with Gasteiger partial charge in [-0.15, -0.1) is 0 Å². The molecule has 0 saturated heterocycles. The lowest BCUT2D eigenvalue weighted by molar-refractivity contribution is 0.534. The van der Waals surface area contributed by atoms with E-state index in [9.17, 15) is 8.42 Å². The van der Waals surface area contributed by atoms with Gasteiger partial charge >= 0.3 is 0 Å². The Balaban J connectivity index is 2.03. The zero-order valence-electron chi connectivity index (χ0n) is 14.6. The van der Waals surface area contributed by atoms with Crippen molar-refractivity contribution >= 4 is 15.7 Å². The normalized spacial score (nSPS) is 11.5. The van der Waals surface area contributed by atoms with Crippen LogP contribution in [0.3, 0.4) is 0 Å². The highest BCUT2D eigenvalue weighted by Gasteiger charge is 2.20. The summed E-state index contributed by atoms with van der Waals surface area (Å²) in [7, 11) is -3.72. The summed E-state index contributed by atoms with van der Waals surface area (Å²) in [5, 5.41) is 0. The smallest absolute Gasteiger partial charge is 0.262 e.